The van der Waals surface area contributed by atoms with E-state index in [1.54, 1.807) is 30.6 Å². The number of amides is 1. The first-order valence-corrected chi connectivity index (χ1v) is 7.80. The van der Waals surface area contributed by atoms with E-state index in [0.717, 1.165) is 24.2 Å². The minimum absolute atomic E-state index is 0.0134. The Hall–Kier alpha value is -2.27. The highest BCUT2D eigenvalue weighted by Gasteiger charge is 2.22. The van der Waals surface area contributed by atoms with E-state index in [1.807, 2.05) is 17.9 Å². The highest BCUT2D eigenvalue weighted by atomic mass is 19.1. The molecule has 0 aliphatic carbocycles. The van der Waals surface area contributed by atoms with Crippen molar-refractivity contribution in [1.82, 2.24) is 14.8 Å². The monoisotopic (exact) mass is 313 g/mol. The smallest absolute Gasteiger partial charge is 0.255 e. The number of nitrogens with zero attached hydrogens (tertiary/aromatic N) is 3. The number of hydrogen-bond acceptors (Lipinski definition) is 3. The molecule has 23 heavy (non-hydrogen) atoms. The van der Waals surface area contributed by atoms with Gasteiger partial charge in [-0.05, 0) is 25.1 Å². The van der Waals surface area contributed by atoms with Gasteiger partial charge in [-0.3, -0.25) is 14.7 Å². The van der Waals surface area contributed by atoms with Crippen LogP contribution in [0.15, 0.2) is 42.7 Å². The lowest BCUT2D eigenvalue weighted by Crippen LogP contribution is -2.48. The summed E-state index contributed by atoms with van der Waals surface area (Å²) in [6, 6.07) is 8.74. The third-order valence-electron chi connectivity index (χ3n) is 4.16. The van der Waals surface area contributed by atoms with Gasteiger partial charge in [0.1, 0.15) is 5.82 Å². The van der Waals surface area contributed by atoms with Crippen LogP contribution in [0.25, 0.3) is 0 Å². The summed E-state index contributed by atoms with van der Waals surface area (Å²) in [5.41, 5.74) is 2.40. The molecule has 0 spiro atoms. The quantitative estimate of drug-likeness (QED) is 0.873. The number of hydrogen-bond donors (Lipinski definition) is 0. The summed E-state index contributed by atoms with van der Waals surface area (Å²) in [5.74, 6) is -0.149. The summed E-state index contributed by atoms with van der Waals surface area (Å²) >= 11 is 0. The largest absolute Gasteiger partial charge is 0.336 e. The van der Waals surface area contributed by atoms with E-state index in [-0.39, 0.29) is 11.7 Å². The van der Waals surface area contributed by atoms with Crippen LogP contribution in [-0.4, -0.2) is 46.9 Å². The molecule has 1 aromatic carbocycles. The van der Waals surface area contributed by atoms with Gasteiger partial charge in [0.05, 0.1) is 5.56 Å². The maximum absolute atomic E-state index is 13.9. The molecular weight excluding hydrogens is 293 g/mol. The fraction of sp³-hybridized carbons (Fsp3) is 0.333. The van der Waals surface area contributed by atoms with Crippen molar-refractivity contribution in [2.24, 2.45) is 0 Å². The van der Waals surface area contributed by atoms with Crippen LogP contribution in [0.5, 0.6) is 0 Å². The third kappa shape index (κ3) is 3.74. The second-order valence-corrected chi connectivity index (χ2v) is 5.90. The van der Waals surface area contributed by atoms with E-state index in [4.69, 9.17) is 0 Å². The van der Waals surface area contributed by atoms with E-state index in [9.17, 15) is 9.18 Å². The minimum Gasteiger partial charge on any atom is -0.336 e. The Morgan fingerprint density at radius 2 is 2.00 bits per heavy atom. The fourth-order valence-electron chi connectivity index (χ4n) is 2.85. The highest BCUT2D eigenvalue weighted by molar-refractivity contribution is 5.93. The Kier molecular flexibility index (Phi) is 4.67. The predicted molar refractivity (Wildman–Crippen MR) is 86.6 cm³/mol. The molecule has 1 amide bonds. The molecule has 5 heteroatoms. The Morgan fingerprint density at radius 1 is 1.22 bits per heavy atom. The number of halogens is 1. The van der Waals surface area contributed by atoms with E-state index in [0.29, 0.717) is 25.2 Å². The number of aromatic nitrogens is 1. The van der Waals surface area contributed by atoms with Gasteiger partial charge in [-0.15, -0.1) is 0 Å². The summed E-state index contributed by atoms with van der Waals surface area (Å²) < 4.78 is 13.9. The normalized spacial score (nSPS) is 15.7. The lowest BCUT2D eigenvalue weighted by Gasteiger charge is -2.34. The molecule has 0 unspecified atom stereocenters. The molecule has 120 valence electrons. The van der Waals surface area contributed by atoms with E-state index >= 15 is 0 Å². The molecule has 2 heterocycles. The van der Waals surface area contributed by atoms with Gasteiger partial charge in [-0.25, -0.2) is 4.39 Å². The zero-order valence-corrected chi connectivity index (χ0v) is 13.2. The molecule has 0 atom stereocenters. The summed E-state index contributed by atoms with van der Waals surface area (Å²) in [6.45, 7) is 5.36. The van der Waals surface area contributed by atoms with Crippen molar-refractivity contribution in [3.05, 3.63) is 65.2 Å². The minimum atomic E-state index is -0.163. The molecule has 0 radical (unpaired) electrons. The topological polar surface area (TPSA) is 36.4 Å². The number of piperazine rings is 1. The molecule has 1 aliphatic rings. The zero-order chi connectivity index (χ0) is 16.2. The van der Waals surface area contributed by atoms with Gasteiger partial charge in [-0.2, -0.15) is 0 Å². The maximum Gasteiger partial charge on any atom is 0.255 e. The zero-order valence-electron chi connectivity index (χ0n) is 13.2. The summed E-state index contributed by atoms with van der Waals surface area (Å²) in [5, 5.41) is 0. The van der Waals surface area contributed by atoms with Gasteiger partial charge in [0.15, 0.2) is 0 Å². The standard InChI is InChI=1S/C18H20FN3O/c1-14-4-5-17(19)16(11-14)13-21-7-9-22(10-8-21)18(23)15-3-2-6-20-12-15/h2-6,11-12H,7-10,13H2,1H3. The van der Waals surface area contributed by atoms with Crippen molar-refractivity contribution in [3.63, 3.8) is 0 Å². The Balaban J connectivity index is 1.58. The molecule has 0 N–H and O–H groups in total. The average molecular weight is 313 g/mol. The molecule has 1 aliphatic heterocycles. The lowest BCUT2D eigenvalue weighted by atomic mass is 10.1. The highest BCUT2D eigenvalue weighted by Crippen LogP contribution is 2.15. The van der Waals surface area contributed by atoms with Crippen molar-refractivity contribution in [2.45, 2.75) is 13.5 Å². The third-order valence-corrected chi connectivity index (χ3v) is 4.16. The van der Waals surface area contributed by atoms with Crippen LogP contribution < -0.4 is 0 Å². The average Bonchev–Trinajstić information content (AvgIpc) is 2.59. The molecule has 1 fully saturated rings. The summed E-state index contributed by atoms with van der Waals surface area (Å²) in [6.07, 6.45) is 3.25. The van der Waals surface area contributed by atoms with Gasteiger partial charge in [0.25, 0.3) is 5.91 Å². The molecule has 0 saturated carbocycles. The van der Waals surface area contributed by atoms with E-state index in [2.05, 4.69) is 9.88 Å². The van der Waals surface area contributed by atoms with Crippen LogP contribution in [0.3, 0.4) is 0 Å². The first kappa shape index (κ1) is 15.6. The maximum atomic E-state index is 13.9. The van der Waals surface area contributed by atoms with Crippen LogP contribution in [0.4, 0.5) is 4.39 Å². The van der Waals surface area contributed by atoms with Crippen molar-refractivity contribution >= 4 is 5.91 Å². The molecule has 0 bridgehead atoms. The van der Waals surface area contributed by atoms with Crippen LogP contribution in [0.2, 0.25) is 0 Å². The van der Waals surface area contributed by atoms with Gasteiger partial charge in [0, 0.05) is 50.7 Å². The first-order valence-electron chi connectivity index (χ1n) is 7.80. The number of benzene rings is 1. The van der Waals surface area contributed by atoms with Gasteiger partial charge >= 0.3 is 0 Å². The van der Waals surface area contributed by atoms with Gasteiger partial charge < -0.3 is 4.90 Å². The SMILES string of the molecule is Cc1ccc(F)c(CN2CCN(C(=O)c3cccnc3)CC2)c1. The number of rotatable bonds is 3. The van der Waals surface area contributed by atoms with Crippen LogP contribution in [-0.2, 0) is 6.54 Å². The van der Waals surface area contributed by atoms with Crippen LogP contribution in [0, 0.1) is 12.7 Å². The predicted octanol–water partition coefficient (Wildman–Crippen LogP) is 2.49. The second kappa shape index (κ2) is 6.87. The molecule has 1 saturated heterocycles. The molecule has 3 rings (SSSR count). The number of carbonyl (C=O) groups is 1. The van der Waals surface area contributed by atoms with Gasteiger partial charge in [0.2, 0.25) is 0 Å². The van der Waals surface area contributed by atoms with Crippen molar-refractivity contribution in [3.8, 4) is 0 Å². The van der Waals surface area contributed by atoms with Crippen molar-refractivity contribution in [2.75, 3.05) is 26.2 Å². The van der Waals surface area contributed by atoms with Crippen molar-refractivity contribution in [1.29, 1.82) is 0 Å². The second-order valence-electron chi connectivity index (χ2n) is 5.90. The first-order chi connectivity index (χ1) is 11.1. The van der Waals surface area contributed by atoms with Crippen LogP contribution in [0.1, 0.15) is 21.5 Å². The fourth-order valence-corrected chi connectivity index (χ4v) is 2.85. The molecule has 2 aromatic rings. The molecular formula is C18H20FN3O. The number of aryl methyl sites for hydroxylation is 1. The van der Waals surface area contributed by atoms with E-state index < -0.39 is 0 Å². The Morgan fingerprint density at radius 3 is 2.70 bits per heavy atom. The molecule has 4 nitrogen and oxygen atoms in total. The summed E-state index contributed by atoms with van der Waals surface area (Å²) in [4.78, 5) is 20.4. The lowest BCUT2D eigenvalue weighted by molar-refractivity contribution is 0.0626. The number of carbonyl (C=O) groups excluding carboxylic acids is 1. The summed E-state index contributed by atoms with van der Waals surface area (Å²) in [7, 11) is 0. The Labute approximate surface area is 135 Å². The Bertz CT molecular complexity index is 682. The number of pyridine rings is 1. The van der Waals surface area contributed by atoms with Crippen molar-refractivity contribution < 1.29 is 9.18 Å². The van der Waals surface area contributed by atoms with Gasteiger partial charge in [-0.1, -0.05) is 17.7 Å². The van der Waals surface area contributed by atoms with E-state index in [1.165, 1.54) is 6.07 Å². The van der Waals surface area contributed by atoms with Crippen LogP contribution >= 0.6 is 0 Å². The molecule has 1 aromatic heterocycles.